The van der Waals surface area contributed by atoms with Gasteiger partial charge in [0.25, 0.3) is 0 Å². The highest BCUT2D eigenvalue weighted by molar-refractivity contribution is 6.61. The molecule has 1 aromatic heterocycles. The molecule has 1 aromatic carbocycles. The first-order chi connectivity index (χ1) is 10.0. The Hall–Kier alpha value is -2.09. The van der Waals surface area contributed by atoms with E-state index in [9.17, 15) is 9.82 Å². The average Bonchev–Trinajstić information content (AvgIpc) is 2.82. The summed E-state index contributed by atoms with van der Waals surface area (Å²) in [5.74, 6) is -0.523. The van der Waals surface area contributed by atoms with Gasteiger partial charge in [0.1, 0.15) is 10.8 Å². The largest absolute Gasteiger partial charge is 0.491 e. The summed E-state index contributed by atoms with van der Waals surface area (Å²) in [6.45, 7) is 0.298. The number of carboxylic acids is 1. The van der Waals surface area contributed by atoms with Gasteiger partial charge in [-0.05, 0) is 29.2 Å². The molecule has 2 heterocycles. The molecule has 0 fully saturated rings. The van der Waals surface area contributed by atoms with Crippen LogP contribution in [0.4, 0.5) is 0 Å². The van der Waals surface area contributed by atoms with E-state index in [2.05, 4.69) is 4.98 Å². The predicted octanol–water partition coefficient (Wildman–Crippen LogP) is 1.44. The van der Waals surface area contributed by atoms with Gasteiger partial charge in [0, 0.05) is 6.20 Å². The molecule has 0 saturated heterocycles. The number of aromatic carboxylic acids is 1. The molecule has 0 bridgehead atoms. The van der Waals surface area contributed by atoms with Crippen molar-refractivity contribution in [1.29, 1.82) is 0 Å². The van der Waals surface area contributed by atoms with Crippen molar-refractivity contribution in [3.8, 4) is 11.6 Å². The molecule has 3 rings (SSSR count). The number of carbonyl (C=O) groups is 1. The van der Waals surface area contributed by atoms with E-state index < -0.39 is 13.1 Å². The van der Waals surface area contributed by atoms with Gasteiger partial charge in [0.15, 0.2) is 0 Å². The van der Waals surface area contributed by atoms with Crippen LogP contribution < -0.4 is 10.2 Å². The summed E-state index contributed by atoms with van der Waals surface area (Å²) >= 11 is 5.95. The van der Waals surface area contributed by atoms with Crippen LogP contribution in [0.25, 0.3) is 0 Å². The SMILES string of the molecule is O=C(O)c1cnc(Oc2ccc3c(c2)COB3O)c(Cl)c1. The van der Waals surface area contributed by atoms with Crippen molar-refractivity contribution in [3.05, 3.63) is 46.6 Å². The Bertz CT molecular complexity index is 724. The van der Waals surface area contributed by atoms with Crippen molar-refractivity contribution in [2.45, 2.75) is 6.61 Å². The molecule has 0 spiro atoms. The molecule has 21 heavy (non-hydrogen) atoms. The Labute approximate surface area is 125 Å². The number of halogens is 1. The van der Waals surface area contributed by atoms with Crippen molar-refractivity contribution in [1.82, 2.24) is 4.98 Å². The second-order valence-corrected chi connectivity index (χ2v) is 4.85. The highest BCUT2D eigenvalue weighted by Crippen LogP contribution is 2.28. The lowest BCUT2D eigenvalue weighted by Crippen LogP contribution is -2.27. The molecule has 0 saturated carbocycles. The van der Waals surface area contributed by atoms with Crippen molar-refractivity contribution in [2.75, 3.05) is 0 Å². The zero-order valence-corrected chi connectivity index (χ0v) is 11.4. The molecule has 0 atom stereocenters. The number of nitrogens with zero attached hydrogens (tertiary/aromatic N) is 1. The molecule has 6 nitrogen and oxygen atoms in total. The van der Waals surface area contributed by atoms with Crippen LogP contribution in [0.5, 0.6) is 11.6 Å². The standard InChI is InChI=1S/C13H9BClNO5/c15-11-4-7(13(17)18)5-16-12(11)21-9-1-2-10-8(3-9)6-20-14(10)19/h1-5,19H,6H2,(H,17,18). The number of pyridine rings is 1. The van der Waals surface area contributed by atoms with Crippen LogP contribution in [0.3, 0.4) is 0 Å². The first kappa shape index (κ1) is 13.9. The highest BCUT2D eigenvalue weighted by Gasteiger charge is 2.27. The number of hydrogen-bond acceptors (Lipinski definition) is 5. The van der Waals surface area contributed by atoms with E-state index in [-0.39, 0.29) is 16.5 Å². The zero-order chi connectivity index (χ0) is 15.0. The fourth-order valence-electron chi connectivity index (χ4n) is 2.00. The highest BCUT2D eigenvalue weighted by atomic mass is 35.5. The van der Waals surface area contributed by atoms with Crippen LogP contribution in [-0.2, 0) is 11.3 Å². The number of benzene rings is 1. The van der Waals surface area contributed by atoms with Gasteiger partial charge >= 0.3 is 13.1 Å². The Morgan fingerprint density at radius 2 is 2.24 bits per heavy atom. The molecule has 0 amide bonds. The van der Waals surface area contributed by atoms with Gasteiger partial charge in [-0.15, -0.1) is 0 Å². The third kappa shape index (κ3) is 2.71. The van der Waals surface area contributed by atoms with Crippen molar-refractivity contribution in [3.63, 3.8) is 0 Å². The molecule has 8 heteroatoms. The molecule has 1 aliphatic rings. The van der Waals surface area contributed by atoms with Crippen molar-refractivity contribution >= 4 is 30.2 Å². The summed E-state index contributed by atoms with van der Waals surface area (Å²) in [6, 6.07) is 6.34. The van der Waals surface area contributed by atoms with Gasteiger partial charge in [0.05, 0.1) is 12.2 Å². The summed E-state index contributed by atoms with van der Waals surface area (Å²) in [6.07, 6.45) is 1.17. The van der Waals surface area contributed by atoms with Crippen LogP contribution in [-0.4, -0.2) is 28.2 Å². The lowest BCUT2D eigenvalue weighted by Gasteiger charge is -2.08. The van der Waals surface area contributed by atoms with E-state index in [4.69, 9.17) is 26.1 Å². The summed E-state index contributed by atoms with van der Waals surface area (Å²) in [5.41, 5.74) is 1.50. The minimum Gasteiger partial charge on any atom is -0.478 e. The molecule has 0 unspecified atom stereocenters. The summed E-state index contributed by atoms with van der Waals surface area (Å²) in [7, 11) is -0.911. The second kappa shape index (κ2) is 5.36. The quantitative estimate of drug-likeness (QED) is 0.834. The maximum absolute atomic E-state index is 10.8. The number of rotatable bonds is 3. The Morgan fingerprint density at radius 1 is 1.43 bits per heavy atom. The minimum atomic E-state index is -1.11. The molecule has 0 radical (unpaired) electrons. The lowest BCUT2D eigenvalue weighted by molar-refractivity contribution is 0.0696. The van der Waals surface area contributed by atoms with Gasteiger partial charge in [-0.25, -0.2) is 9.78 Å². The van der Waals surface area contributed by atoms with E-state index >= 15 is 0 Å². The first-order valence-electron chi connectivity index (χ1n) is 6.04. The van der Waals surface area contributed by atoms with Crippen LogP contribution in [0.1, 0.15) is 15.9 Å². The Morgan fingerprint density at radius 3 is 2.95 bits per heavy atom. The van der Waals surface area contributed by atoms with E-state index in [0.717, 1.165) is 5.56 Å². The summed E-state index contributed by atoms with van der Waals surface area (Å²) < 4.78 is 10.6. The third-order valence-corrected chi connectivity index (χ3v) is 3.32. The molecular weight excluding hydrogens is 296 g/mol. The maximum Gasteiger partial charge on any atom is 0.491 e. The van der Waals surface area contributed by atoms with Crippen LogP contribution >= 0.6 is 11.6 Å². The van der Waals surface area contributed by atoms with E-state index in [1.807, 2.05) is 0 Å². The maximum atomic E-state index is 10.8. The summed E-state index contributed by atoms with van der Waals surface area (Å²) in [4.78, 5) is 14.7. The molecule has 2 aromatic rings. The fourth-order valence-corrected chi connectivity index (χ4v) is 2.20. The first-order valence-corrected chi connectivity index (χ1v) is 6.41. The molecule has 1 aliphatic heterocycles. The lowest BCUT2D eigenvalue weighted by atomic mass is 9.80. The number of aromatic nitrogens is 1. The van der Waals surface area contributed by atoms with Crippen LogP contribution in [0.2, 0.25) is 5.02 Å². The summed E-state index contributed by atoms with van der Waals surface area (Å²) in [5, 5.41) is 18.5. The minimum absolute atomic E-state index is 0.0159. The van der Waals surface area contributed by atoms with Crippen LogP contribution in [0, 0.1) is 0 Å². The molecular formula is C13H9BClNO5. The fraction of sp³-hybridized carbons (Fsp3) is 0.0769. The molecule has 106 valence electrons. The molecule has 2 N–H and O–H groups in total. The second-order valence-electron chi connectivity index (χ2n) is 4.44. The van der Waals surface area contributed by atoms with E-state index in [0.29, 0.717) is 17.8 Å². The number of fused-ring (bicyclic) bond motifs is 1. The van der Waals surface area contributed by atoms with Gasteiger partial charge in [0.2, 0.25) is 5.88 Å². The molecule has 0 aliphatic carbocycles. The van der Waals surface area contributed by atoms with Gasteiger partial charge < -0.3 is 19.5 Å². The predicted molar refractivity (Wildman–Crippen MR) is 75.1 cm³/mol. The van der Waals surface area contributed by atoms with E-state index in [1.54, 1.807) is 18.2 Å². The topological polar surface area (TPSA) is 88.9 Å². The Balaban J connectivity index is 1.86. The number of hydrogen-bond donors (Lipinski definition) is 2. The Kier molecular flexibility index (Phi) is 3.54. The smallest absolute Gasteiger partial charge is 0.478 e. The van der Waals surface area contributed by atoms with Crippen molar-refractivity contribution < 1.29 is 24.3 Å². The third-order valence-electron chi connectivity index (χ3n) is 3.05. The van der Waals surface area contributed by atoms with Gasteiger partial charge in [-0.3, -0.25) is 0 Å². The van der Waals surface area contributed by atoms with Crippen LogP contribution in [0.15, 0.2) is 30.5 Å². The number of carboxylic acid groups (broad SMARTS) is 1. The van der Waals surface area contributed by atoms with Gasteiger partial charge in [-0.2, -0.15) is 0 Å². The zero-order valence-electron chi connectivity index (χ0n) is 10.6. The van der Waals surface area contributed by atoms with E-state index in [1.165, 1.54) is 12.3 Å². The monoisotopic (exact) mass is 305 g/mol. The number of ether oxygens (including phenoxy) is 1. The van der Waals surface area contributed by atoms with Gasteiger partial charge in [-0.1, -0.05) is 17.7 Å². The average molecular weight is 305 g/mol. The normalized spacial score (nSPS) is 13.1. The van der Waals surface area contributed by atoms with Crippen molar-refractivity contribution in [2.24, 2.45) is 0 Å².